The molecular formula is C16H16Cl2O. The first-order chi connectivity index (χ1) is 9.06. The summed E-state index contributed by atoms with van der Waals surface area (Å²) >= 11 is 11.8. The molecule has 1 nitrogen and oxygen atoms in total. The Bertz CT molecular complexity index is 549. The van der Waals surface area contributed by atoms with Gasteiger partial charge in [-0.3, -0.25) is 0 Å². The first-order valence-electron chi connectivity index (χ1n) is 6.18. The van der Waals surface area contributed by atoms with Crippen molar-refractivity contribution in [1.82, 2.24) is 0 Å². The van der Waals surface area contributed by atoms with Crippen LogP contribution in [0.25, 0.3) is 0 Å². The van der Waals surface area contributed by atoms with E-state index in [-0.39, 0.29) is 6.10 Å². The highest BCUT2D eigenvalue weighted by molar-refractivity contribution is 6.30. The van der Waals surface area contributed by atoms with E-state index in [1.807, 2.05) is 56.3 Å². The summed E-state index contributed by atoms with van der Waals surface area (Å²) in [6, 6.07) is 13.6. The first kappa shape index (κ1) is 14.4. The third kappa shape index (κ3) is 3.97. The van der Waals surface area contributed by atoms with Gasteiger partial charge in [0.1, 0.15) is 0 Å². The fourth-order valence-corrected chi connectivity index (χ4v) is 2.34. The van der Waals surface area contributed by atoms with Crippen LogP contribution in [0.15, 0.2) is 42.5 Å². The smallest absolute Gasteiger partial charge is 0.0803 e. The number of rotatable bonds is 4. The number of aryl methyl sites for hydroxylation is 1. The van der Waals surface area contributed by atoms with Crippen LogP contribution in [-0.2, 0) is 11.3 Å². The molecule has 0 amide bonds. The van der Waals surface area contributed by atoms with E-state index in [1.165, 1.54) is 5.56 Å². The molecule has 2 aromatic rings. The van der Waals surface area contributed by atoms with Crippen LogP contribution in [0.1, 0.15) is 29.7 Å². The minimum Gasteiger partial charge on any atom is -0.369 e. The summed E-state index contributed by atoms with van der Waals surface area (Å²) < 4.78 is 5.89. The quantitative estimate of drug-likeness (QED) is 0.715. The molecule has 2 aromatic carbocycles. The molecular weight excluding hydrogens is 279 g/mol. The molecule has 0 fully saturated rings. The van der Waals surface area contributed by atoms with Crippen molar-refractivity contribution in [2.45, 2.75) is 26.6 Å². The van der Waals surface area contributed by atoms with Gasteiger partial charge in [-0.05, 0) is 54.8 Å². The highest BCUT2D eigenvalue weighted by Gasteiger charge is 2.09. The highest BCUT2D eigenvalue weighted by Crippen LogP contribution is 2.24. The largest absolute Gasteiger partial charge is 0.369 e. The van der Waals surface area contributed by atoms with Gasteiger partial charge in [0.15, 0.2) is 0 Å². The van der Waals surface area contributed by atoms with E-state index in [0.717, 1.165) is 21.2 Å². The maximum Gasteiger partial charge on any atom is 0.0803 e. The van der Waals surface area contributed by atoms with Gasteiger partial charge in [0.25, 0.3) is 0 Å². The fraction of sp³-hybridized carbons (Fsp3) is 0.250. The zero-order valence-corrected chi connectivity index (χ0v) is 12.5. The Balaban J connectivity index is 2.01. The van der Waals surface area contributed by atoms with E-state index in [0.29, 0.717) is 6.61 Å². The summed E-state index contributed by atoms with van der Waals surface area (Å²) in [7, 11) is 0. The van der Waals surface area contributed by atoms with E-state index >= 15 is 0 Å². The maximum absolute atomic E-state index is 5.96. The third-order valence-corrected chi connectivity index (χ3v) is 3.57. The zero-order valence-electron chi connectivity index (χ0n) is 11.0. The van der Waals surface area contributed by atoms with Gasteiger partial charge >= 0.3 is 0 Å². The van der Waals surface area contributed by atoms with E-state index in [4.69, 9.17) is 27.9 Å². The van der Waals surface area contributed by atoms with Crippen LogP contribution >= 0.6 is 23.2 Å². The number of halogens is 2. The summed E-state index contributed by atoms with van der Waals surface area (Å²) in [5, 5.41) is 1.50. The Hall–Kier alpha value is -1.02. The summed E-state index contributed by atoms with van der Waals surface area (Å²) in [6.07, 6.45) is 0.0351. The molecule has 0 aromatic heterocycles. The molecule has 100 valence electrons. The predicted molar refractivity (Wildman–Crippen MR) is 80.8 cm³/mol. The molecule has 0 N–H and O–H groups in total. The summed E-state index contributed by atoms with van der Waals surface area (Å²) in [5.74, 6) is 0. The number of hydrogen-bond acceptors (Lipinski definition) is 1. The Morgan fingerprint density at radius 1 is 1.00 bits per heavy atom. The van der Waals surface area contributed by atoms with Crippen molar-refractivity contribution >= 4 is 23.2 Å². The Morgan fingerprint density at radius 2 is 1.63 bits per heavy atom. The Kier molecular flexibility index (Phi) is 4.87. The molecule has 1 unspecified atom stereocenters. The van der Waals surface area contributed by atoms with Crippen molar-refractivity contribution in [3.63, 3.8) is 0 Å². The van der Waals surface area contributed by atoms with Gasteiger partial charge < -0.3 is 4.74 Å². The lowest BCUT2D eigenvalue weighted by atomic mass is 10.0. The van der Waals surface area contributed by atoms with Crippen molar-refractivity contribution < 1.29 is 4.74 Å². The van der Waals surface area contributed by atoms with Crippen LogP contribution in [0, 0.1) is 6.92 Å². The first-order valence-corrected chi connectivity index (χ1v) is 6.94. The topological polar surface area (TPSA) is 9.23 Å². The second kappa shape index (κ2) is 6.42. The van der Waals surface area contributed by atoms with Crippen LogP contribution in [0.5, 0.6) is 0 Å². The van der Waals surface area contributed by atoms with Gasteiger partial charge in [0.2, 0.25) is 0 Å². The summed E-state index contributed by atoms with van der Waals surface area (Å²) in [6.45, 7) is 4.66. The molecule has 0 aliphatic heterocycles. The lowest BCUT2D eigenvalue weighted by Gasteiger charge is -2.16. The average molecular weight is 295 g/mol. The van der Waals surface area contributed by atoms with Crippen molar-refractivity contribution in [3.8, 4) is 0 Å². The normalized spacial score (nSPS) is 12.4. The summed E-state index contributed by atoms with van der Waals surface area (Å²) in [5.41, 5.74) is 3.43. The molecule has 2 rings (SSSR count). The molecule has 0 saturated carbocycles. The fourth-order valence-electron chi connectivity index (χ4n) is 1.99. The third-order valence-electron chi connectivity index (χ3n) is 3.08. The van der Waals surface area contributed by atoms with Crippen LogP contribution in [0.4, 0.5) is 0 Å². The van der Waals surface area contributed by atoms with Gasteiger partial charge in [0, 0.05) is 10.0 Å². The lowest BCUT2D eigenvalue weighted by molar-refractivity contribution is 0.0522. The summed E-state index contributed by atoms with van der Waals surface area (Å²) in [4.78, 5) is 0. The van der Waals surface area contributed by atoms with Gasteiger partial charge in [-0.2, -0.15) is 0 Å². The molecule has 19 heavy (non-hydrogen) atoms. The minimum atomic E-state index is 0.0351. The minimum absolute atomic E-state index is 0.0351. The van der Waals surface area contributed by atoms with Crippen molar-refractivity contribution in [3.05, 3.63) is 69.2 Å². The van der Waals surface area contributed by atoms with E-state index in [2.05, 4.69) is 0 Å². The van der Waals surface area contributed by atoms with Crippen molar-refractivity contribution in [1.29, 1.82) is 0 Å². The van der Waals surface area contributed by atoms with E-state index in [9.17, 15) is 0 Å². The maximum atomic E-state index is 5.96. The van der Waals surface area contributed by atoms with Crippen molar-refractivity contribution in [2.75, 3.05) is 0 Å². The Labute approximate surface area is 124 Å². The second-order valence-corrected chi connectivity index (χ2v) is 5.45. The SMILES string of the molecule is Cc1cc(Cl)ccc1C(C)OCc1ccc(Cl)cc1. The molecule has 1 atom stereocenters. The van der Waals surface area contributed by atoms with Crippen LogP contribution in [0.2, 0.25) is 10.0 Å². The Morgan fingerprint density at radius 3 is 2.26 bits per heavy atom. The second-order valence-electron chi connectivity index (χ2n) is 4.58. The molecule has 0 aliphatic carbocycles. The van der Waals surface area contributed by atoms with Crippen molar-refractivity contribution in [2.24, 2.45) is 0 Å². The predicted octanol–water partition coefficient (Wildman–Crippen LogP) is 5.58. The van der Waals surface area contributed by atoms with Gasteiger partial charge in [-0.15, -0.1) is 0 Å². The van der Waals surface area contributed by atoms with Crippen LogP contribution in [-0.4, -0.2) is 0 Å². The average Bonchev–Trinajstić information content (AvgIpc) is 2.37. The van der Waals surface area contributed by atoms with Gasteiger partial charge in [-0.1, -0.05) is 41.4 Å². The van der Waals surface area contributed by atoms with E-state index < -0.39 is 0 Å². The molecule has 0 heterocycles. The highest BCUT2D eigenvalue weighted by atomic mass is 35.5. The standard InChI is InChI=1S/C16H16Cl2O/c1-11-9-15(18)7-8-16(11)12(2)19-10-13-3-5-14(17)6-4-13/h3-9,12H,10H2,1-2H3. The lowest BCUT2D eigenvalue weighted by Crippen LogP contribution is -2.02. The van der Waals surface area contributed by atoms with Crippen LogP contribution in [0.3, 0.4) is 0 Å². The molecule has 0 bridgehead atoms. The number of ether oxygens (including phenoxy) is 1. The monoisotopic (exact) mass is 294 g/mol. The number of hydrogen-bond donors (Lipinski definition) is 0. The van der Waals surface area contributed by atoms with Gasteiger partial charge in [-0.25, -0.2) is 0 Å². The molecule has 3 heteroatoms. The molecule has 0 saturated heterocycles. The van der Waals surface area contributed by atoms with E-state index in [1.54, 1.807) is 0 Å². The number of benzene rings is 2. The zero-order chi connectivity index (χ0) is 13.8. The molecule has 0 spiro atoms. The molecule has 0 aliphatic rings. The van der Waals surface area contributed by atoms with Gasteiger partial charge in [0.05, 0.1) is 12.7 Å². The van der Waals surface area contributed by atoms with Crippen LogP contribution < -0.4 is 0 Å². The molecule has 0 radical (unpaired) electrons.